The molecule has 0 saturated carbocycles. The molecule has 0 aliphatic heterocycles. The average molecular weight is 438 g/mol. The van der Waals surface area contributed by atoms with Crippen LogP contribution in [0.1, 0.15) is 38.6 Å². The minimum Gasteiger partial charge on any atom is -0.369 e. The number of imidazole rings is 1. The van der Waals surface area contributed by atoms with Crippen LogP contribution in [-0.4, -0.2) is 30.2 Å². The molecule has 0 bridgehead atoms. The Hall–Kier alpha value is -4.33. The van der Waals surface area contributed by atoms with E-state index in [1.54, 1.807) is 16.7 Å². The minimum atomic E-state index is -0.177. The number of anilines is 1. The summed E-state index contributed by atoms with van der Waals surface area (Å²) < 4.78 is 1.72. The highest BCUT2D eigenvalue weighted by molar-refractivity contribution is 5.94. The number of benzene rings is 1. The fourth-order valence-corrected chi connectivity index (χ4v) is 3.87. The molecule has 0 atom stereocenters. The van der Waals surface area contributed by atoms with Crippen LogP contribution in [0.3, 0.4) is 0 Å². The summed E-state index contributed by atoms with van der Waals surface area (Å²) in [5.41, 5.74) is 12.6. The number of amides is 1. The van der Waals surface area contributed by atoms with Crippen molar-refractivity contribution in [1.29, 1.82) is 0 Å². The first-order valence-electron chi connectivity index (χ1n) is 10.6. The van der Waals surface area contributed by atoms with Crippen molar-refractivity contribution in [3.8, 4) is 0 Å². The molecule has 164 valence electrons. The van der Waals surface area contributed by atoms with Gasteiger partial charge in [-0.1, -0.05) is 6.07 Å². The number of nitrogens with two attached hydrogens (primary N) is 1. The van der Waals surface area contributed by atoms with Gasteiger partial charge in [-0.05, 0) is 61.4 Å². The fourth-order valence-electron chi connectivity index (χ4n) is 3.87. The highest BCUT2D eigenvalue weighted by atomic mass is 16.1. The zero-order chi connectivity index (χ0) is 22.9. The lowest BCUT2D eigenvalue weighted by Gasteiger charge is -2.08. The van der Waals surface area contributed by atoms with E-state index in [1.165, 1.54) is 0 Å². The first kappa shape index (κ1) is 20.6. The van der Waals surface area contributed by atoms with E-state index in [9.17, 15) is 4.79 Å². The van der Waals surface area contributed by atoms with Gasteiger partial charge in [0.25, 0.3) is 5.91 Å². The maximum Gasteiger partial charge on any atom is 0.251 e. The van der Waals surface area contributed by atoms with Gasteiger partial charge in [-0.2, -0.15) is 0 Å². The predicted octanol–water partition coefficient (Wildman–Crippen LogP) is 3.39. The van der Waals surface area contributed by atoms with Crippen molar-refractivity contribution in [2.45, 2.75) is 26.8 Å². The number of carbonyl (C=O) groups excluding carboxylic acids is 1. The van der Waals surface area contributed by atoms with Crippen LogP contribution in [0.15, 0.2) is 61.1 Å². The molecule has 5 aromatic rings. The Morgan fingerprint density at radius 1 is 1.03 bits per heavy atom. The lowest BCUT2D eigenvalue weighted by Crippen LogP contribution is -2.23. The Morgan fingerprint density at radius 2 is 1.91 bits per heavy atom. The zero-order valence-electron chi connectivity index (χ0n) is 18.4. The summed E-state index contributed by atoms with van der Waals surface area (Å²) in [6, 6.07) is 13.7. The highest BCUT2D eigenvalue weighted by Crippen LogP contribution is 2.18. The van der Waals surface area contributed by atoms with Gasteiger partial charge in [-0.15, -0.1) is 0 Å². The Bertz CT molecular complexity index is 1510. The van der Waals surface area contributed by atoms with E-state index in [-0.39, 0.29) is 5.91 Å². The van der Waals surface area contributed by atoms with Crippen molar-refractivity contribution < 1.29 is 4.79 Å². The molecule has 5 rings (SSSR count). The molecule has 8 nitrogen and oxygen atoms in total. The quantitative estimate of drug-likeness (QED) is 0.436. The summed E-state index contributed by atoms with van der Waals surface area (Å²) in [6.45, 7) is 4.18. The summed E-state index contributed by atoms with van der Waals surface area (Å²) in [5.74, 6) is 0.219. The normalized spacial score (nSPS) is 11.2. The summed E-state index contributed by atoms with van der Waals surface area (Å²) in [5, 5.41) is 4.03. The third kappa shape index (κ3) is 4.23. The topological polar surface area (TPSA) is 111 Å². The molecular formula is C25H23N7O. The summed E-state index contributed by atoms with van der Waals surface area (Å²) in [4.78, 5) is 30.4. The van der Waals surface area contributed by atoms with Gasteiger partial charge in [0.1, 0.15) is 0 Å². The first-order valence-corrected chi connectivity index (χ1v) is 10.6. The van der Waals surface area contributed by atoms with Crippen molar-refractivity contribution in [2.75, 3.05) is 5.73 Å². The molecule has 4 aromatic heterocycles. The minimum absolute atomic E-state index is 0.177. The number of aromatic nitrogens is 5. The van der Waals surface area contributed by atoms with Crippen LogP contribution in [-0.2, 0) is 13.0 Å². The molecule has 0 fully saturated rings. The third-order valence-corrected chi connectivity index (χ3v) is 5.52. The standard InChI is InChI=1S/C25H23N7O/c1-15-9-19-10-17(3-4-22(19)28-13-15)11-21-12-18(5-7-27-21)24(33)29-14-20-6-8-32-23(31-20)16(2)30-25(32)26/h3-10,12-13H,11,14H2,1-2H3,(H2,26,30)(H,29,33). The molecule has 33 heavy (non-hydrogen) atoms. The number of hydrogen-bond acceptors (Lipinski definition) is 6. The third-order valence-electron chi connectivity index (χ3n) is 5.52. The molecule has 0 spiro atoms. The van der Waals surface area contributed by atoms with Gasteiger partial charge in [0.2, 0.25) is 5.95 Å². The number of pyridine rings is 2. The lowest BCUT2D eigenvalue weighted by molar-refractivity contribution is 0.0950. The number of rotatable bonds is 5. The largest absolute Gasteiger partial charge is 0.369 e. The van der Waals surface area contributed by atoms with Crippen LogP contribution in [0.4, 0.5) is 5.95 Å². The molecule has 0 radical (unpaired) electrons. The van der Waals surface area contributed by atoms with Crippen LogP contribution in [0, 0.1) is 13.8 Å². The van der Waals surface area contributed by atoms with E-state index in [4.69, 9.17) is 5.73 Å². The van der Waals surface area contributed by atoms with Gasteiger partial charge in [-0.3, -0.25) is 19.2 Å². The van der Waals surface area contributed by atoms with Gasteiger partial charge < -0.3 is 11.1 Å². The monoisotopic (exact) mass is 437 g/mol. The van der Waals surface area contributed by atoms with E-state index in [1.807, 2.05) is 50.5 Å². The number of nitrogens with one attached hydrogen (secondary N) is 1. The van der Waals surface area contributed by atoms with Crippen LogP contribution in [0.25, 0.3) is 16.6 Å². The van der Waals surface area contributed by atoms with E-state index in [0.29, 0.717) is 30.1 Å². The Balaban J connectivity index is 1.29. The molecule has 8 heteroatoms. The van der Waals surface area contributed by atoms with Gasteiger partial charge in [0.05, 0.1) is 23.4 Å². The van der Waals surface area contributed by atoms with Gasteiger partial charge in [0.15, 0.2) is 5.65 Å². The summed E-state index contributed by atoms with van der Waals surface area (Å²) in [7, 11) is 0. The number of hydrogen-bond donors (Lipinski definition) is 2. The van der Waals surface area contributed by atoms with E-state index < -0.39 is 0 Å². The molecule has 0 unspecified atom stereocenters. The van der Waals surface area contributed by atoms with Crippen LogP contribution in [0.2, 0.25) is 0 Å². The first-order chi connectivity index (χ1) is 16.0. The molecular weight excluding hydrogens is 414 g/mol. The molecule has 0 saturated heterocycles. The molecule has 3 N–H and O–H groups in total. The molecule has 0 aliphatic carbocycles. The second-order valence-electron chi connectivity index (χ2n) is 8.10. The van der Waals surface area contributed by atoms with Gasteiger partial charge in [0, 0.05) is 41.7 Å². The fraction of sp³-hybridized carbons (Fsp3) is 0.160. The second kappa shape index (κ2) is 8.31. The van der Waals surface area contributed by atoms with Crippen molar-refractivity contribution >= 4 is 28.4 Å². The van der Waals surface area contributed by atoms with Crippen molar-refractivity contribution in [3.63, 3.8) is 0 Å². The molecule has 1 amide bonds. The number of carbonyl (C=O) groups is 1. The maximum atomic E-state index is 12.8. The van der Waals surface area contributed by atoms with Crippen molar-refractivity contribution in [2.24, 2.45) is 0 Å². The zero-order valence-corrected chi connectivity index (χ0v) is 18.4. The average Bonchev–Trinajstić information content (AvgIpc) is 3.10. The Kier molecular flexibility index (Phi) is 5.18. The van der Waals surface area contributed by atoms with Crippen LogP contribution < -0.4 is 11.1 Å². The SMILES string of the molecule is Cc1cnc2ccc(Cc3cc(C(=O)NCc4ccn5c(N)nc(C)c5n4)ccn3)cc2c1. The number of fused-ring (bicyclic) bond motifs is 2. The van der Waals surface area contributed by atoms with Crippen molar-refractivity contribution in [3.05, 3.63) is 94.8 Å². The van der Waals surface area contributed by atoms with Crippen LogP contribution in [0.5, 0.6) is 0 Å². The van der Waals surface area contributed by atoms with Crippen LogP contribution >= 0.6 is 0 Å². The maximum absolute atomic E-state index is 12.8. The second-order valence-corrected chi connectivity index (χ2v) is 8.10. The van der Waals surface area contributed by atoms with Gasteiger partial charge >= 0.3 is 0 Å². The number of nitrogens with zero attached hydrogens (tertiary/aromatic N) is 5. The Morgan fingerprint density at radius 3 is 2.79 bits per heavy atom. The van der Waals surface area contributed by atoms with Gasteiger partial charge in [-0.25, -0.2) is 9.97 Å². The lowest BCUT2D eigenvalue weighted by atomic mass is 10.0. The summed E-state index contributed by atoms with van der Waals surface area (Å²) >= 11 is 0. The van der Waals surface area contributed by atoms with E-state index >= 15 is 0 Å². The number of aryl methyl sites for hydroxylation is 2. The smallest absolute Gasteiger partial charge is 0.251 e. The van der Waals surface area contributed by atoms with E-state index in [0.717, 1.165) is 39.1 Å². The predicted molar refractivity (Wildman–Crippen MR) is 127 cm³/mol. The number of nitrogen functional groups attached to an aromatic ring is 1. The Labute approximate surface area is 190 Å². The summed E-state index contributed by atoms with van der Waals surface area (Å²) in [6.07, 6.45) is 5.97. The van der Waals surface area contributed by atoms with E-state index in [2.05, 4.69) is 37.4 Å². The molecule has 0 aliphatic rings. The molecule has 4 heterocycles. The highest BCUT2D eigenvalue weighted by Gasteiger charge is 2.11. The van der Waals surface area contributed by atoms with Crippen molar-refractivity contribution in [1.82, 2.24) is 29.7 Å². The molecule has 1 aromatic carbocycles.